The molecule has 0 fully saturated rings. The topological polar surface area (TPSA) is 62.8 Å². The van der Waals surface area contributed by atoms with Crippen molar-refractivity contribution in [2.75, 3.05) is 0 Å². The van der Waals surface area contributed by atoms with Crippen LogP contribution in [0.4, 0.5) is 5.69 Å². The van der Waals surface area contributed by atoms with Gasteiger partial charge in [-0.25, -0.2) is 4.79 Å². The zero-order valence-corrected chi connectivity index (χ0v) is 13.5. The average molecular weight is 348 g/mol. The lowest BCUT2D eigenvalue weighted by molar-refractivity contribution is 0.475. The van der Waals surface area contributed by atoms with Gasteiger partial charge in [-0.3, -0.25) is 4.99 Å². The number of fused-ring (bicyclic) bond motifs is 1. The highest BCUT2D eigenvalue weighted by atomic mass is 35.5. The van der Waals surface area contributed by atoms with Crippen molar-refractivity contribution in [2.45, 2.75) is 6.92 Å². The molecule has 23 heavy (non-hydrogen) atoms. The Morgan fingerprint density at radius 1 is 1.17 bits per heavy atom. The number of benzene rings is 2. The Balaban J connectivity index is 2.03. The average Bonchev–Trinajstić information content (AvgIpc) is 2.48. The molecule has 0 aliphatic heterocycles. The van der Waals surface area contributed by atoms with E-state index in [4.69, 9.17) is 27.6 Å². The number of aromatic hydroxyl groups is 1. The first-order chi connectivity index (χ1) is 10.9. The molecule has 0 amide bonds. The summed E-state index contributed by atoms with van der Waals surface area (Å²) < 4.78 is 5.18. The molecule has 0 atom stereocenters. The number of hydrogen-bond acceptors (Lipinski definition) is 4. The van der Waals surface area contributed by atoms with Crippen LogP contribution in [0, 0.1) is 6.92 Å². The Bertz CT molecular complexity index is 993. The van der Waals surface area contributed by atoms with Gasteiger partial charge >= 0.3 is 5.63 Å². The van der Waals surface area contributed by atoms with Crippen LogP contribution >= 0.6 is 23.2 Å². The summed E-state index contributed by atoms with van der Waals surface area (Å²) in [7, 11) is 0. The molecule has 0 unspecified atom stereocenters. The first-order valence-corrected chi connectivity index (χ1v) is 7.46. The maximum atomic E-state index is 11.4. The number of phenols is 1. The lowest BCUT2D eigenvalue weighted by Crippen LogP contribution is -1.97. The number of hydrogen-bond donors (Lipinski definition) is 1. The lowest BCUT2D eigenvalue weighted by Gasteiger charge is -2.03. The van der Waals surface area contributed by atoms with Crippen molar-refractivity contribution in [3.05, 3.63) is 68.0 Å². The van der Waals surface area contributed by atoms with Crippen LogP contribution in [0.3, 0.4) is 0 Å². The smallest absolute Gasteiger partial charge is 0.336 e. The molecule has 0 saturated heterocycles. The van der Waals surface area contributed by atoms with Crippen LogP contribution in [0.1, 0.15) is 11.1 Å². The number of rotatable bonds is 2. The van der Waals surface area contributed by atoms with Gasteiger partial charge in [0.2, 0.25) is 0 Å². The van der Waals surface area contributed by atoms with E-state index in [-0.39, 0.29) is 10.8 Å². The van der Waals surface area contributed by atoms with Gasteiger partial charge in [0.05, 0.1) is 10.7 Å². The Morgan fingerprint density at radius 2 is 1.96 bits per heavy atom. The Kier molecular flexibility index (Phi) is 4.11. The summed E-state index contributed by atoms with van der Waals surface area (Å²) in [4.78, 5) is 15.7. The summed E-state index contributed by atoms with van der Waals surface area (Å²) in [5.74, 6) is -0.0945. The van der Waals surface area contributed by atoms with Gasteiger partial charge in [-0.05, 0) is 36.8 Å². The van der Waals surface area contributed by atoms with Crippen molar-refractivity contribution in [1.82, 2.24) is 0 Å². The van der Waals surface area contributed by atoms with Gasteiger partial charge in [-0.1, -0.05) is 23.2 Å². The third-order valence-corrected chi connectivity index (χ3v) is 3.85. The molecule has 0 bridgehead atoms. The minimum atomic E-state index is -0.407. The summed E-state index contributed by atoms with van der Waals surface area (Å²) >= 11 is 11.8. The fourth-order valence-corrected chi connectivity index (χ4v) is 2.73. The minimum absolute atomic E-state index is 0.0945. The molecule has 0 radical (unpaired) electrons. The summed E-state index contributed by atoms with van der Waals surface area (Å²) in [6.45, 7) is 1.84. The van der Waals surface area contributed by atoms with Gasteiger partial charge in [0.1, 0.15) is 11.3 Å². The molecule has 116 valence electrons. The molecule has 0 saturated carbocycles. The van der Waals surface area contributed by atoms with E-state index >= 15 is 0 Å². The predicted octanol–water partition coefficient (Wildman–Crippen LogP) is 4.86. The summed E-state index contributed by atoms with van der Waals surface area (Å²) in [5.41, 5.74) is 1.86. The van der Waals surface area contributed by atoms with Crippen molar-refractivity contribution in [2.24, 2.45) is 4.99 Å². The van der Waals surface area contributed by atoms with E-state index in [1.807, 2.05) is 13.0 Å². The molecule has 1 heterocycles. The molecule has 0 spiro atoms. The van der Waals surface area contributed by atoms with Crippen LogP contribution in [0.2, 0.25) is 10.0 Å². The van der Waals surface area contributed by atoms with E-state index in [2.05, 4.69) is 4.99 Å². The fourth-order valence-electron chi connectivity index (χ4n) is 2.22. The first-order valence-electron chi connectivity index (χ1n) is 6.70. The monoisotopic (exact) mass is 347 g/mol. The second kappa shape index (κ2) is 6.07. The molecule has 3 rings (SSSR count). The van der Waals surface area contributed by atoms with Crippen LogP contribution in [0.5, 0.6) is 5.75 Å². The van der Waals surface area contributed by atoms with E-state index in [1.165, 1.54) is 18.3 Å². The zero-order valence-electron chi connectivity index (χ0n) is 12.0. The summed E-state index contributed by atoms with van der Waals surface area (Å²) in [6, 6.07) is 9.71. The molecule has 0 aliphatic rings. The maximum Gasteiger partial charge on any atom is 0.336 e. The van der Waals surface area contributed by atoms with Gasteiger partial charge in [0.15, 0.2) is 0 Å². The Labute approximate surface area is 141 Å². The maximum absolute atomic E-state index is 11.4. The number of phenolic OH excluding ortho intramolecular Hbond substituents is 1. The normalized spacial score (nSPS) is 11.4. The molecule has 2 aromatic carbocycles. The highest BCUT2D eigenvalue weighted by molar-refractivity contribution is 6.36. The second-order valence-corrected chi connectivity index (χ2v) is 5.86. The predicted molar refractivity (Wildman–Crippen MR) is 92.6 cm³/mol. The number of aryl methyl sites for hydroxylation is 1. The van der Waals surface area contributed by atoms with Crippen molar-refractivity contribution in [3.63, 3.8) is 0 Å². The molecule has 1 N–H and O–H groups in total. The standard InChI is InChI=1S/C17H11Cl2NO3/c1-9-4-16(21)23-15-7-12(2-3-13(9)15)20-8-10-5-11(18)6-14(19)17(10)22/h2-8,22H,1H3. The van der Waals surface area contributed by atoms with E-state index in [1.54, 1.807) is 18.2 Å². The molecule has 4 nitrogen and oxygen atoms in total. The van der Waals surface area contributed by atoms with Crippen LogP contribution < -0.4 is 5.63 Å². The molecule has 3 aromatic rings. The van der Waals surface area contributed by atoms with E-state index in [0.29, 0.717) is 21.9 Å². The van der Waals surface area contributed by atoms with Gasteiger partial charge in [-0.2, -0.15) is 0 Å². The largest absolute Gasteiger partial charge is 0.506 e. The molecule has 6 heteroatoms. The number of halogens is 2. The highest BCUT2D eigenvalue weighted by Gasteiger charge is 2.06. The highest BCUT2D eigenvalue weighted by Crippen LogP contribution is 2.30. The van der Waals surface area contributed by atoms with Crippen molar-refractivity contribution in [3.8, 4) is 5.75 Å². The molecular formula is C17H11Cl2NO3. The zero-order chi connectivity index (χ0) is 16.6. The van der Waals surface area contributed by atoms with Gasteiger partial charge < -0.3 is 9.52 Å². The number of aliphatic imine (C=N–C) groups is 1. The second-order valence-electron chi connectivity index (χ2n) is 5.01. The summed E-state index contributed by atoms with van der Waals surface area (Å²) in [5, 5.41) is 11.3. The fraction of sp³-hybridized carbons (Fsp3) is 0.0588. The third kappa shape index (κ3) is 3.23. The minimum Gasteiger partial charge on any atom is -0.506 e. The van der Waals surface area contributed by atoms with Gasteiger partial charge in [-0.15, -0.1) is 0 Å². The molecule has 1 aromatic heterocycles. The summed E-state index contributed by atoms with van der Waals surface area (Å²) in [6.07, 6.45) is 1.45. The van der Waals surface area contributed by atoms with E-state index < -0.39 is 5.63 Å². The Morgan fingerprint density at radius 3 is 2.74 bits per heavy atom. The number of nitrogens with zero attached hydrogens (tertiary/aromatic N) is 1. The SMILES string of the molecule is Cc1cc(=O)oc2cc(N=Cc3cc(Cl)cc(Cl)c3O)ccc12. The third-order valence-electron chi connectivity index (χ3n) is 3.35. The molecular weight excluding hydrogens is 337 g/mol. The van der Waals surface area contributed by atoms with Gasteiger partial charge in [0.25, 0.3) is 0 Å². The lowest BCUT2D eigenvalue weighted by atomic mass is 10.1. The molecule has 0 aliphatic carbocycles. The van der Waals surface area contributed by atoms with E-state index in [9.17, 15) is 9.90 Å². The van der Waals surface area contributed by atoms with Crippen LogP contribution in [-0.4, -0.2) is 11.3 Å². The quantitative estimate of drug-likeness (QED) is 0.531. The Hall–Kier alpha value is -2.30. The van der Waals surface area contributed by atoms with E-state index in [0.717, 1.165) is 10.9 Å². The van der Waals surface area contributed by atoms with Gasteiger partial charge in [0, 0.05) is 34.3 Å². The first kappa shape index (κ1) is 15.6. The van der Waals surface area contributed by atoms with Crippen molar-refractivity contribution < 1.29 is 9.52 Å². The van der Waals surface area contributed by atoms with Crippen molar-refractivity contribution >= 4 is 46.1 Å². The van der Waals surface area contributed by atoms with Crippen LogP contribution in [0.25, 0.3) is 11.0 Å². The van der Waals surface area contributed by atoms with Crippen LogP contribution in [0.15, 0.2) is 50.6 Å². The van der Waals surface area contributed by atoms with Crippen LogP contribution in [-0.2, 0) is 0 Å². The van der Waals surface area contributed by atoms with Crippen molar-refractivity contribution in [1.29, 1.82) is 0 Å².